The molecule has 0 aliphatic carbocycles. The Balaban J connectivity index is 2.48. The van der Waals surface area contributed by atoms with E-state index in [4.69, 9.17) is 10.5 Å². The number of hydrogen-bond donors (Lipinski definition) is 2. The maximum Gasteiger partial charge on any atom is 0.227 e. The number of pyridine rings is 1. The highest BCUT2D eigenvalue weighted by Gasteiger charge is 2.11. The molecule has 0 aromatic carbocycles. The molecule has 0 aliphatic rings. The van der Waals surface area contributed by atoms with E-state index in [0.29, 0.717) is 12.2 Å². The van der Waals surface area contributed by atoms with Gasteiger partial charge in [0.1, 0.15) is 0 Å². The van der Waals surface area contributed by atoms with Gasteiger partial charge in [0, 0.05) is 19.3 Å². The molecule has 1 unspecified atom stereocenters. The second-order valence-electron chi connectivity index (χ2n) is 3.53. The van der Waals surface area contributed by atoms with Crippen LogP contribution >= 0.6 is 0 Å². The van der Waals surface area contributed by atoms with Crippen molar-refractivity contribution in [1.29, 1.82) is 0 Å². The fourth-order valence-corrected chi connectivity index (χ4v) is 1.22. The number of carbonyl (C=O) groups excluding carboxylic acids is 1. The summed E-state index contributed by atoms with van der Waals surface area (Å²) >= 11 is 0. The standard InChI is InChI=1S/C11H17N3O2/c1-8-3-4-9(7-13-8)14-11(15)5-10(6-12)16-2/h3-4,7,10H,5-6,12H2,1-2H3,(H,14,15). The molecule has 0 radical (unpaired) electrons. The Bertz CT molecular complexity index is 334. The van der Waals surface area contributed by atoms with Crippen molar-refractivity contribution in [3.63, 3.8) is 0 Å². The van der Waals surface area contributed by atoms with Crippen LogP contribution < -0.4 is 11.1 Å². The van der Waals surface area contributed by atoms with Crippen LogP contribution in [0, 0.1) is 6.92 Å². The van der Waals surface area contributed by atoms with Gasteiger partial charge in [-0.1, -0.05) is 0 Å². The van der Waals surface area contributed by atoms with Crippen molar-refractivity contribution in [2.45, 2.75) is 19.4 Å². The van der Waals surface area contributed by atoms with Gasteiger partial charge >= 0.3 is 0 Å². The normalized spacial score (nSPS) is 12.2. The van der Waals surface area contributed by atoms with E-state index in [1.807, 2.05) is 19.1 Å². The van der Waals surface area contributed by atoms with Gasteiger partial charge in [0.2, 0.25) is 5.91 Å². The van der Waals surface area contributed by atoms with Gasteiger partial charge in [-0.25, -0.2) is 0 Å². The highest BCUT2D eigenvalue weighted by molar-refractivity contribution is 5.90. The molecule has 1 aromatic heterocycles. The number of amides is 1. The van der Waals surface area contributed by atoms with Gasteiger partial charge in [-0.05, 0) is 19.1 Å². The number of carbonyl (C=O) groups is 1. The lowest BCUT2D eigenvalue weighted by Gasteiger charge is -2.12. The molecular formula is C11H17N3O2. The van der Waals surface area contributed by atoms with Crippen LogP contribution in [0.25, 0.3) is 0 Å². The highest BCUT2D eigenvalue weighted by atomic mass is 16.5. The first-order valence-corrected chi connectivity index (χ1v) is 5.11. The molecule has 0 bridgehead atoms. The Labute approximate surface area is 95.0 Å². The summed E-state index contributed by atoms with van der Waals surface area (Å²) in [5, 5.41) is 2.73. The van der Waals surface area contributed by atoms with Crippen LogP contribution in [0.15, 0.2) is 18.3 Å². The third kappa shape index (κ3) is 3.96. The third-order valence-electron chi connectivity index (χ3n) is 2.20. The van der Waals surface area contributed by atoms with Crippen LogP contribution in [0.1, 0.15) is 12.1 Å². The molecule has 3 N–H and O–H groups in total. The van der Waals surface area contributed by atoms with E-state index in [2.05, 4.69) is 10.3 Å². The van der Waals surface area contributed by atoms with Crippen molar-refractivity contribution >= 4 is 11.6 Å². The van der Waals surface area contributed by atoms with Gasteiger partial charge in [0.15, 0.2) is 0 Å². The molecule has 1 rings (SSSR count). The summed E-state index contributed by atoms with van der Waals surface area (Å²) < 4.78 is 5.03. The van der Waals surface area contributed by atoms with E-state index in [1.54, 1.807) is 6.20 Å². The topological polar surface area (TPSA) is 77.2 Å². The number of nitrogens with one attached hydrogen (secondary N) is 1. The number of nitrogens with zero attached hydrogens (tertiary/aromatic N) is 1. The minimum Gasteiger partial charge on any atom is -0.380 e. The van der Waals surface area contributed by atoms with Crippen LogP contribution in [0.4, 0.5) is 5.69 Å². The van der Waals surface area contributed by atoms with E-state index in [0.717, 1.165) is 5.69 Å². The zero-order chi connectivity index (χ0) is 12.0. The first-order chi connectivity index (χ1) is 7.65. The fourth-order valence-electron chi connectivity index (χ4n) is 1.22. The van der Waals surface area contributed by atoms with Gasteiger partial charge in [0.25, 0.3) is 0 Å². The molecule has 0 fully saturated rings. The van der Waals surface area contributed by atoms with Crippen molar-refractivity contribution < 1.29 is 9.53 Å². The number of hydrogen-bond acceptors (Lipinski definition) is 4. The Morgan fingerprint density at radius 1 is 1.62 bits per heavy atom. The molecule has 1 amide bonds. The Hall–Kier alpha value is -1.46. The average molecular weight is 223 g/mol. The minimum absolute atomic E-state index is 0.122. The lowest BCUT2D eigenvalue weighted by Crippen LogP contribution is -2.28. The molecule has 1 heterocycles. The first kappa shape index (κ1) is 12.6. The van der Waals surface area contributed by atoms with Crippen molar-refractivity contribution in [3.8, 4) is 0 Å². The SMILES string of the molecule is COC(CN)CC(=O)Nc1ccc(C)nc1. The highest BCUT2D eigenvalue weighted by Crippen LogP contribution is 2.07. The quantitative estimate of drug-likeness (QED) is 0.770. The molecule has 1 atom stereocenters. The second-order valence-corrected chi connectivity index (χ2v) is 3.53. The van der Waals surface area contributed by atoms with Gasteiger partial charge in [-0.3, -0.25) is 9.78 Å². The monoisotopic (exact) mass is 223 g/mol. The molecule has 1 aromatic rings. The predicted molar refractivity (Wildman–Crippen MR) is 62.1 cm³/mol. The summed E-state index contributed by atoms with van der Waals surface area (Å²) in [5.74, 6) is -0.122. The predicted octanol–water partition coefficient (Wildman–Crippen LogP) is 0.692. The summed E-state index contributed by atoms with van der Waals surface area (Å²) in [7, 11) is 1.54. The number of anilines is 1. The van der Waals surface area contributed by atoms with Crippen LogP contribution in [-0.4, -0.2) is 30.6 Å². The third-order valence-corrected chi connectivity index (χ3v) is 2.20. The fraction of sp³-hybridized carbons (Fsp3) is 0.455. The molecule has 0 spiro atoms. The molecule has 88 valence electrons. The summed E-state index contributed by atoms with van der Waals surface area (Å²) in [4.78, 5) is 15.6. The molecule has 0 saturated heterocycles. The Morgan fingerprint density at radius 2 is 2.38 bits per heavy atom. The van der Waals surface area contributed by atoms with Crippen LogP contribution in [0.2, 0.25) is 0 Å². The number of aromatic nitrogens is 1. The van der Waals surface area contributed by atoms with Crippen LogP contribution in [0.3, 0.4) is 0 Å². The zero-order valence-corrected chi connectivity index (χ0v) is 9.56. The summed E-state index contributed by atoms with van der Waals surface area (Å²) in [6.07, 6.45) is 1.64. The zero-order valence-electron chi connectivity index (χ0n) is 9.56. The van der Waals surface area contributed by atoms with Crippen LogP contribution in [-0.2, 0) is 9.53 Å². The van der Waals surface area contributed by atoms with E-state index < -0.39 is 0 Å². The lowest BCUT2D eigenvalue weighted by molar-refractivity contribution is -0.118. The second kappa shape index (κ2) is 6.19. The van der Waals surface area contributed by atoms with Crippen molar-refractivity contribution in [2.24, 2.45) is 5.73 Å². The van der Waals surface area contributed by atoms with E-state index >= 15 is 0 Å². The molecule has 16 heavy (non-hydrogen) atoms. The number of aryl methyl sites for hydroxylation is 1. The Kier molecular flexibility index (Phi) is 4.88. The van der Waals surface area contributed by atoms with Crippen molar-refractivity contribution in [3.05, 3.63) is 24.0 Å². The number of ether oxygens (including phenoxy) is 1. The van der Waals surface area contributed by atoms with Gasteiger partial charge in [0.05, 0.1) is 24.4 Å². The number of methoxy groups -OCH3 is 1. The number of rotatable bonds is 5. The van der Waals surface area contributed by atoms with Gasteiger partial charge < -0.3 is 15.8 Å². The number of nitrogens with two attached hydrogens (primary N) is 1. The van der Waals surface area contributed by atoms with E-state index in [9.17, 15) is 4.79 Å². The summed E-state index contributed by atoms with van der Waals surface area (Å²) in [6, 6.07) is 3.65. The molecule has 0 saturated carbocycles. The summed E-state index contributed by atoms with van der Waals surface area (Å²) in [6.45, 7) is 2.22. The Morgan fingerprint density at radius 3 is 2.88 bits per heavy atom. The van der Waals surface area contributed by atoms with Crippen molar-refractivity contribution in [2.75, 3.05) is 19.0 Å². The molecule has 5 nitrogen and oxygen atoms in total. The molecular weight excluding hydrogens is 206 g/mol. The maximum absolute atomic E-state index is 11.6. The van der Waals surface area contributed by atoms with Gasteiger partial charge in [-0.15, -0.1) is 0 Å². The van der Waals surface area contributed by atoms with E-state index in [1.165, 1.54) is 7.11 Å². The van der Waals surface area contributed by atoms with E-state index in [-0.39, 0.29) is 18.4 Å². The maximum atomic E-state index is 11.6. The van der Waals surface area contributed by atoms with Crippen molar-refractivity contribution in [1.82, 2.24) is 4.98 Å². The van der Waals surface area contributed by atoms with Crippen LogP contribution in [0.5, 0.6) is 0 Å². The largest absolute Gasteiger partial charge is 0.380 e. The average Bonchev–Trinajstić information content (AvgIpc) is 2.29. The molecule has 0 aliphatic heterocycles. The minimum atomic E-state index is -0.238. The lowest BCUT2D eigenvalue weighted by atomic mass is 10.2. The molecule has 5 heteroatoms. The first-order valence-electron chi connectivity index (χ1n) is 5.11. The smallest absolute Gasteiger partial charge is 0.227 e. The summed E-state index contributed by atoms with van der Waals surface area (Å²) in [5.41, 5.74) is 7.02. The van der Waals surface area contributed by atoms with Gasteiger partial charge in [-0.2, -0.15) is 0 Å².